The molecular formula is C16H20F3N3O2. The average Bonchev–Trinajstić information content (AvgIpc) is 2.53. The van der Waals surface area contributed by atoms with Gasteiger partial charge in [-0.05, 0) is 43.4 Å². The molecule has 1 aliphatic heterocycles. The van der Waals surface area contributed by atoms with Crippen molar-refractivity contribution < 1.29 is 22.7 Å². The van der Waals surface area contributed by atoms with Crippen molar-refractivity contribution >= 4 is 11.9 Å². The fourth-order valence-corrected chi connectivity index (χ4v) is 2.70. The molecule has 24 heavy (non-hydrogen) atoms. The summed E-state index contributed by atoms with van der Waals surface area (Å²) < 4.78 is 42.8. The Morgan fingerprint density at radius 3 is 2.58 bits per heavy atom. The highest BCUT2D eigenvalue weighted by atomic mass is 19.4. The molecule has 1 heterocycles. The molecule has 0 amide bonds. The molecule has 1 aliphatic rings. The quantitative estimate of drug-likeness (QED) is 0.381. The van der Waals surface area contributed by atoms with Gasteiger partial charge in [-0.3, -0.25) is 10.2 Å². The van der Waals surface area contributed by atoms with E-state index in [9.17, 15) is 18.0 Å². The molecule has 0 spiro atoms. The predicted octanol–water partition coefficient (Wildman–Crippen LogP) is 3.00. The molecule has 1 saturated heterocycles. The van der Waals surface area contributed by atoms with Gasteiger partial charge in [0.05, 0.1) is 5.56 Å². The summed E-state index contributed by atoms with van der Waals surface area (Å²) in [4.78, 5) is 13.6. The summed E-state index contributed by atoms with van der Waals surface area (Å²) in [6.07, 6.45) is -2.04. The fourth-order valence-electron chi connectivity index (χ4n) is 2.70. The summed E-state index contributed by atoms with van der Waals surface area (Å²) >= 11 is 0. The third kappa shape index (κ3) is 5.14. The molecule has 2 rings (SSSR count). The van der Waals surface area contributed by atoms with Gasteiger partial charge in [-0.1, -0.05) is 6.07 Å². The number of carbonyl (C=O) groups is 1. The van der Waals surface area contributed by atoms with Crippen LogP contribution in [0, 0.1) is 11.3 Å². The first-order chi connectivity index (χ1) is 11.3. The second-order valence-electron chi connectivity index (χ2n) is 5.85. The van der Waals surface area contributed by atoms with Crippen LogP contribution in [0.4, 0.5) is 13.2 Å². The number of benzene rings is 1. The Balaban J connectivity index is 1.79. The highest BCUT2D eigenvalue weighted by molar-refractivity contribution is 5.74. The zero-order valence-electron chi connectivity index (χ0n) is 13.1. The van der Waals surface area contributed by atoms with Gasteiger partial charge in [0.1, 0.15) is 5.75 Å². The van der Waals surface area contributed by atoms with Crippen LogP contribution in [0.2, 0.25) is 0 Å². The van der Waals surface area contributed by atoms with E-state index in [1.54, 1.807) is 4.90 Å². The van der Waals surface area contributed by atoms with E-state index in [1.165, 1.54) is 12.1 Å². The Morgan fingerprint density at radius 2 is 2.00 bits per heavy atom. The molecule has 1 fully saturated rings. The lowest BCUT2D eigenvalue weighted by atomic mass is 9.92. The van der Waals surface area contributed by atoms with E-state index >= 15 is 0 Å². The molecule has 0 bridgehead atoms. The highest BCUT2D eigenvalue weighted by Crippen LogP contribution is 2.31. The molecule has 0 saturated carbocycles. The van der Waals surface area contributed by atoms with E-state index < -0.39 is 17.7 Å². The summed E-state index contributed by atoms with van der Waals surface area (Å²) in [5.74, 6) is -0.253. The maximum atomic E-state index is 12.6. The van der Waals surface area contributed by atoms with E-state index in [0.29, 0.717) is 25.4 Å². The molecule has 1 aromatic carbocycles. The Bertz CT molecular complexity index is 596. The Kier molecular flexibility index (Phi) is 5.69. The molecule has 0 aliphatic carbocycles. The summed E-state index contributed by atoms with van der Waals surface area (Å²) in [6, 6.07) is 4.30. The largest absolute Gasteiger partial charge is 0.427 e. The van der Waals surface area contributed by atoms with Crippen LogP contribution in [0.15, 0.2) is 24.3 Å². The minimum Gasteiger partial charge on any atom is -0.427 e. The van der Waals surface area contributed by atoms with Gasteiger partial charge in [0.15, 0.2) is 5.96 Å². The fraction of sp³-hybridized carbons (Fsp3) is 0.500. The lowest BCUT2D eigenvalue weighted by molar-refractivity contribution is -0.139. The number of nitrogens with two attached hydrogens (primary N) is 1. The van der Waals surface area contributed by atoms with Gasteiger partial charge in [-0.15, -0.1) is 0 Å². The summed E-state index contributed by atoms with van der Waals surface area (Å²) in [6.45, 7) is 1.37. The SMILES string of the molecule is N=C(N)N1CCC(CCC(=O)Oc2cccc(C(F)(F)F)c2)CC1. The van der Waals surface area contributed by atoms with Gasteiger partial charge < -0.3 is 15.4 Å². The van der Waals surface area contributed by atoms with Gasteiger partial charge in [0.2, 0.25) is 0 Å². The second-order valence-corrected chi connectivity index (χ2v) is 5.85. The molecule has 0 radical (unpaired) electrons. The molecule has 1 aromatic rings. The smallest absolute Gasteiger partial charge is 0.416 e. The van der Waals surface area contributed by atoms with Crippen LogP contribution in [-0.4, -0.2) is 29.9 Å². The van der Waals surface area contributed by atoms with E-state index in [2.05, 4.69) is 0 Å². The molecule has 0 aromatic heterocycles. The Labute approximate surface area is 138 Å². The number of hydrogen-bond donors (Lipinski definition) is 2. The monoisotopic (exact) mass is 343 g/mol. The summed E-state index contributed by atoms with van der Waals surface area (Å²) in [7, 11) is 0. The third-order valence-electron chi connectivity index (χ3n) is 4.10. The van der Waals surface area contributed by atoms with Crippen LogP contribution in [0.5, 0.6) is 5.75 Å². The van der Waals surface area contributed by atoms with E-state index in [0.717, 1.165) is 25.0 Å². The topological polar surface area (TPSA) is 79.4 Å². The van der Waals surface area contributed by atoms with Crippen LogP contribution >= 0.6 is 0 Å². The van der Waals surface area contributed by atoms with Crippen molar-refractivity contribution in [3.63, 3.8) is 0 Å². The second kappa shape index (κ2) is 7.55. The molecular weight excluding hydrogens is 323 g/mol. The number of hydrogen-bond acceptors (Lipinski definition) is 3. The van der Waals surface area contributed by atoms with Gasteiger partial charge in [0.25, 0.3) is 0 Å². The van der Waals surface area contributed by atoms with Crippen molar-refractivity contribution in [2.45, 2.75) is 31.9 Å². The van der Waals surface area contributed by atoms with Crippen LogP contribution in [0.25, 0.3) is 0 Å². The van der Waals surface area contributed by atoms with Crippen molar-refractivity contribution in [3.05, 3.63) is 29.8 Å². The molecule has 5 nitrogen and oxygen atoms in total. The summed E-state index contributed by atoms with van der Waals surface area (Å²) in [5.41, 5.74) is 4.58. The van der Waals surface area contributed by atoms with Crippen molar-refractivity contribution in [3.8, 4) is 5.75 Å². The van der Waals surface area contributed by atoms with E-state index in [-0.39, 0.29) is 18.1 Å². The normalized spacial score (nSPS) is 16.0. The number of nitrogens with zero attached hydrogens (tertiary/aromatic N) is 1. The first kappa shape index (κ1) is 18.1. The third-order valence-corrected chi connectivity index (χ3v) is 4.10. The zero-order chi connectivity index (χ0) is 17.7. The van der Waals surface area contributed by atoms with Gasteiger partial charge >= 0.3 is 12.1 Å². The number of halogens is 3. The minimum atomic E-state index is -4.47. The maximum absolute atomic E-state index is 12.6. The number of alkyl halides is 3. The molecule has 8 heteroatoms. The molecule has 132 valence electrons. The number of likely N-dealkylation sites (tertiary alicyclic amines) is 1. The maximum Gasteiger partial charge on any atom is 0.416 e. The van der Waals surface area contributed by atoms with Crippen LogP contribution in [0.3, 0.4) is 0 Å². The number of nitrogens with one attached hydrogen (secondary N) is 1. The lowest BCUT2D eigenvalue weighted by Gasteiger charge is -2.31. The standard InChI is InChI=1S/C16H20F3N3O2/c17-16(18,19)12-2-1-3-13(10-12)24-14(23)5-4-11-6-8-22(9-7-11)15(20)21/h1-3,10-11H,4-9H2,(H3,20,21). The van der Waals surface area contributed by atoms with Crippen molar-refractivity contribution in [2.24, 2.45) is 11.7 Å². The molecule has 0 unspecified atom stereocenters. The number of rotatable bonds is 4. The summed E-state index contributed by atoms with van der Waals surface area (Å²) in [5, 5.41) is 7.36. The van der Waals surface area contributed by atoms with E-state index in [4.69, 9.17) is 15.9 Å². The van der Waals surface area contributed by atoms with Crippen molar-refractivity contribution in [1.29, 1.82) is 5.41 Å². The highest BCUT2D eigenvalue weighted by Gasteiger charge is 2.30. The van der Waals surface area contributed by atoms with Gasteiger partial charge in [-0.25, -0.2) is 0 Å². The first-order valence-corrected chi connectivity index (χ1v) is 7.72. The zero-order valence-corrected chi connectivity index (χ0v) is 13.1. The van der Waals surface area contributed by atoms with Crippen molar-refractivity contribution in [1.82, 2.24) is 4.90 Å². The van der Waals surface area contributed by atoms with Crippen LogP contribution in [0.1, 0.15) is 31.2 Å². The number of esters is 1. The van der Waals surface area contributed by atoms with Crippen LogP contribution < -0.4 is 10.5 Å². The molecule has 0 atom stereocenters. The molecule has 3 N–H and O–H groups in total. The van der Waals surface area contributed by atoms with Crippen LogP contribution in [-0.2, 0) is 11.0 Å². The number of carbonyl (C=O) groups excluding carboxylic acids is 1. The van der Waals surface area contributed by atoms with E-state index in [1.807, 2.05) is 0 Å². The Morgan fingerprint density at radius 1 is 1.33 bits per heavy atom. The number of guanidine groups is 1. The average molecular weight is 343 g/mol. The van der Waals surface area contributed by atoms with Gasteiger partial charge in [0, 0.05) is 19.5 Å². The van der Waals surface area contributed by atoms with Crippen molar-refractivity contribution in [2.75, 3.05) is 13.1 Å². The Hall–Kier alpha value is -2.25. The lowest BCUT2D eigenvalue weighted by Crippen LogP contribution is -2.42. The number of piperidine rings is 1. The predicted molar refractivity (Wildman–Crippen MR) is 82.5 cm³/mol. The number of ether oxygens (including phenoxy) is 1. The van der Waals surface area contributed by atoms with Gasteiger partial charge in [-0.2, -0.15) is 13.2 Å². The first-order valence-electron chi connectivity index (χ1n) is 7.72. The minimum absolute atomic E-state index is 0.0532.